The van der Waals surface area contributed by atoms with E-state index in [1.54, 1.807) is 6.33 Å². The summed E-state index contributed by atoms with van der Waals surface area (Å²) >= 11 is 6.10. The summed E-state index contributed by atoms with van der Waals surface area (Å²) in [6.07, 6.45) is 2.33. The molecule has 0 bridgehead atoms. The van der Waals surface area contributed by atoms with Crippen LogP contribution in [0.25, 0.3) is 0 Å². The molecule has 4 atom stereocenters. The topological polar surface area (TPSA) is 82.6 Å². The first kappa shape index (κ1) is 22.9. The van der Waals surface area contributed by atoms with Gasteiger partial charge >= 0.3 is 0 Å². The van der Waals surface area contributed by atoms with Crippen LogP contribution in [0.3, 0.4) is 0 Å². The molecule has 1 amide bonds. The van der Waals surface area contributed by atoms with Crippen molar-refractivity contribution in [2.45, 2.75) is 57.3 Å². The molecule has 2 aromatic rings. The van der Waals surface area contributed by atoms with Crippen molar-refractivity contribution >= 4 is 29.1 Å². The number of rotatable bonds is 6. The molecular formula is C25H31ClN6O2. The first-order valence-corrected chi connectivity index (χ1v) is 12.2. The number of nitrogens with zero attached hydrogens (tertiary/aromatic N) is 4. The Morgan fingerprint density at radius 3 is 2.76 bits per heavy atom. The lowest BCUT2D eigenvalue weighted by Crippen LogP contribution is -2.51. The van der Waals surface area contributed by atoms with E-state index < -0.39 is 0 Å². The Morgan fingerprint density at radius 2 is 2.03 bits per heavy atom. The van der Waals surface area contributed by atoms with Crippen LogP contribution in [0, 0.1) is 0 Å². The molecule has 0 radical (unpaired) electrons. The number of benzene rings is 1. The lowest BCUT2D eigenvalue weighted by atomic mass is 9.96. The normalized spacial score (nSPS) is 24.1. The molecule has 2 aliphatic heterocycles. The molecule has 34 heavy (non-hydrogen) atoms. The fraction of sp³-hybridized carbons (Fsp3) is 0.480. The maximum absolute atomic E-state index is 13.8. The second kappa shape index (κ2) is 9.07. The van der Waals surface area contributed by atoms with Crippen molar-refractivity contribution in [1.29, 1.82) is 0 Å². The average molecular weight is 483 g/mol. The number of fused-ring (bicyclic) bond motifs is 2. The standard InChI is InChI=1S/C25H31ClN6O2/c1-14(2)27-12-19(17-5-7-18(26)8-6-17)25(33)32-10-9-31(20-11-21(20)32)24-22-15(3)34-16(4)30-23(22)28-13-29-24/h5-8,13-15,19-21,27H,4,9-12H2,1-3H3,(H,28,29,30)/t15-,19-,20-,21+/m1/s1. The van der Waals surface area contributed by atoms with Crippen molar-refractivity contribution in [2.75, 3.05) is 29.9 Å². The first-order chi connectivity index (χ1) is 16.3. The predicted octanol–water partition coefficient (Wildman–Crippen LogP) is 3.68. The van der Waals surface area contributed by atoms with Gasteiger partial charge in [-0.25, -0.2) is 9.97 Å². The van der Waals surface area contributed by atoms with Gasteiger partial charge in [0.1, 0.15) is 24.1 Å². The van der Waals surface area contributed by atoms with E-state index in [0.29, 0.717) is 30.0 Å². The molecule has 5 rings (SSSR count). The van der Waals surface area contributed by atoms with Crippen molar-refractivity contribution in [3.05, 3.63) is 59.2 Å². The fourth-order valence-electron chi connectivity index (χ4n) is 5.04. The zero-order chi connectivity index (χ0) is 24.0. The van der Waals surface area contributed by atoms with Crippen LogP contribution >= 0.6 is 11.6 Å². The molecule has 9 heteroatoms. The lowest BCUT2D eigenvalue weighted by molar-refractivity contribution is -0.133. The van der Waals surface area contributed by atoms with Crippen LogP contribution in [0.1, 0.15) is 50.3 Å². The van der Waals surface area contributed by atoms with Crippen molar-refractivity contribution in [3.63, 3.8) is 0 Å². The highest BCUT2D eigenvalue weighted by molar-refractivity contribution is 6.30. The van der Waals surface area contributed by atoms with E-state index in [4.69, 9.17) is 16.3 Å². The number of hydrogen-bond donors (Lipinski definition) is 2. The van der Waals surface area contributed by atoms with E-state index in [2.05, 4.69) is 50.8 Å². The summed E-state index contributed by atoms with van der Waals surface area (Å²) in [6.45, 7) is 12.0. The molecule has 2 N–H and O–H groups in total. The van der Waals surface area contributed by atoms with Gasteiger partial charge in [0.25, 0.3) is 0 Å². The number of aromatic nitrogens is 2. The van der Waals surface area contributed by atoms with Crippen LogP contribution in [0.2, 0.25) is 5.02 Å². The van der Waals surface area contributed by atoms with Crippen LogP contribution in [-0.2, 0) is 9.53 Å². The van der Waals surface area contributed by atoms with E-state index in [1.165, 1.54) is 0 Å². The summed E-state index contributed by atoms with van der Waals surface area (Å²) in [4.78, 5) is 27.1. The van der Waals surface area contributed by atoms with Gasteiger partial charge in [-0.15, -0.1) is 0 Å². The zero-order valence-electron chi connectivity index (χ0n) is 19.8. The van der Waals surface area contributed by atoms with Crippen LogP contribution in [-0.4, -0.2) is 58.5 Å². The van der Waals surface area contributed by atoms with Crippen LogP contribution < -0.4 is 15.5 Å². The van der Waals surface area contributed by atoms with Gasteiger partial charge in [0.05, 0.1) is 23.6 Å². The number of anilines is 2. The number of nitrogens with one attached hydrogen (secondary N) is 2. The first-order valence-electron chi connectivity index (χ1n) is 11.9. The monoisotopic (exact) mass is 482 g/mol. The largest absolute Gasteiger partial charge is 0.471 e. The summed E-state index contributed by atoms with van der Waals surface area (Å²) in [5.41, 5.74) is 1.94. The summed E-state index contributed by atoms with van der Waals surface area (Å²) in [6, 6.07) is 8.36. The fourth-order valence-corrected chi connectivity index (χ4v) is 5.17. The summed E-state index contributed by atoms with van der Waals surface area (Å²) in [5.74, 6) is 2.04. The molecule has 3 heterocycles. The lowest BCUT2D eigenvalue weighted by Gasteiger charge is -2.38. The third-order valence-corrected chi connectivity index (χ3v) is 7.06. The number of ether oxygens (including phenoxy) is 1. The molecular weight excluding hydrogens is 452 g/mol. The van der Waals surface area contributed by atoms with Crippen molar-refractivity contribution in [1.82, 2.24) is 20.2 Å². The molecule has 1 aliphatic carbocycles. The Hall–Kier alpha value is -2.84. The molecule has 1 aromatic heterocycles. The summed E-state index contributed by atoms with van der Waals surface area (Å²) in [5, 5.41) is 7.23. The molecule has 0 unspecified atom stereocenters. The van der Waals surface area contributed by atoms with Crippen molar-refractivity contribution in [3.8, 4) is 0 Å². The minimum absolute atomic E-state index is 0.169. The van der Waals surface area contributed by atoms with Gasteiger partial charge in [-0.05, 0) is 37.6 Å². The highest BCUT2D eigenvalue weighted by atomic mass is 35.5. The Bertz CT molecular complexity index is 1090. The molecule has 180 valence electrons. The Labute approximate surface area is 205 Å². The molecule has 1 saturated carbocycles. The van der Waals surface area contributed by atoms with Crippen LogP contribution in [0.15, 0.2) is 43.1 Å². The SMILES string of the molecule is C=C1Nc2ncnc(N3CCN(C(=O)[C@H](CNC(C)C)c4ccc(Cl)cc4)[C@H]4C[C@H]43)c2[C@@H](C)O1. The second-order valence-corrected chi connectivity index (χ2v) is 9.97. The number of halogens is 1. The third kappa shape index (κ3) is 4.32. The minimum atomic E-state index is -0.247. The van der Waals surface area contributed by atoms with E-state index in [0.717, 1.165) is 35.7 Å². The van der Waals surface area contributed by atoms with Crippen LogP contribution in [0.4, 0.5) is 11.6 Å². The van der Waals surface area contributed by atoms with Gasteiger partial charge < -0.3 is 25.2 Å². The third-order valence-electron chi connectivity index (χ3n) is 6.81. The van der Waals surface area contributed by atoms with Gasteiger partial charge in [0.15, 0.2) is 5.88 Å². The highest BCUT2D eigenvalue weighted by Crippen LogP contribution is 2.44. The zero-order valence-corrected chi connectivity index (χ0v) is 20.5. The van der Waals surface area contributed by atoms with Crippen molar-refractivity contribution < 1.29 is 9.53 Å². The molecule has 2 fully saturated rings. The minimum Gasteiger partial charge on any atom is -0.471 e. The quantitative estimate of drug-likeness (QED) is 0.649. The Morgan fingerprint density at radius 1 is 1.26 bits per heavy atom. The summed E-state index contributed by atoms with van der Waals surface area (Å²) < 4.78 is 5.79. The van der Waals surface area contributed by atoms with E-state index in [9.17, 15) is 4.79 Å². The molecule has 3 aliphatic rings. The second-order valence-electron chi connectivity index (χ2n) is 9.53. The average Bonchev–Trinajstić information content (AvgIpc) is 3.60. The van der Waals surface area contributed by atoms with E-state index >= 15 is 0 Å². The number of amides is 1. The smallest absolute Gasteiger partial charge is 0.231 e. The van der Waals surface area contributed by atoms with E-state index in [-0.39, 0.29) is 30.0 Å². The number of hydrogen-bond acceptors (Lipinski definition) is 7. The maximum atomic E-state index is 13.8. The van der Waals surface area contributed by atoms with Gasteiger partial charge in [-0.1, -0.05) is 37.6 Å². The molecule has 1 saturated heterocycles. The molecule has 0 spiro atoms. The van der Waals surface area contributed by atoms with Gasteiger partial charge in [-0.3, -0.25) is 4.79 Å². The van der Waals surface area contributed by atoms with E-state index in [1.807, 2.05) is 31.2 Å². The van der Waals surface area contributed by atoms with Gasteiger partial charge in [-0.2, -0.15) is 0 Å². The Kier molecular flexibility index (Phi) is 6.12. The summed E-state index contributed by atoms with van der Waals surface area (Å²) in [7, 11) is 0. The number of carbonyl (C=O) groups excluding carboxylic acids is 1. The van der Waals surface area contributed by atoms with Crippen molar-refractivity contribution in [2.24, 2.45) is 0 Å². The highest BCUT2D eigenvalue weighted by Gasteiger charge is 2.52. The molecule has 8 nitrogen and oxygen atoms in total. The van der Waals surface area contributed by atoms with Gasteiger partial charge in [0.2, 0.25) is 5.91 Å². The maximum Gasteiger partial charge on any atom is 0.231 e. The number of carbonyl (C=O) groups is 1. The Balaban J connectivity index is 1.35. The predicted molar refractivity (Wildman–Crippen MR) is 133 cm³/mol. The van der Waals surface area contributed by atoms with Gasteiger partial charge in [0, 0.05) is 30.7 Å². The van der Waals surface area contributed by atoms with Crippen LogP contribution in [0.5, 0.6) is 0 Å². The number of piperazine rings is 1. The molecule has 1 aromatic carbocycles.